The van der Waals surface area contributed by atoms with Crippen LogP contribution < -0.4 is 5.32 Å². The molecule has 0 aromatic heterocycles. The van der Waals surface area contributed by atoms with E-state index in [1.54, 1.807) is 0 Å². The molecule has 146 valence electrons. The van der Waals surface area contributed by atoms with E-state index in [0.717, 1.165) is 0 Å². The van der Waals surface area contributed by atoms with Gasteiger partial charge in [0.1, 0.15) is 0 Å². The van der Waals surface area contributed by atoms with Gasteiger partial charge in [0, 0.05) is 29.9 Å². The fourth-order valence-corrected chi connectivity index (χ4v) is 4.44. The van der Waals surface area contributed by atoms with Gasteiger partial charge in [0.05, 0.1) is 19.3 Å². The molecule has 3 rings (SSSR count). The van der Waals surface area contributed by atoms with Crippen LogP contribution in [0.5, 0.6) is 0 Å². The summed E-state index contributed by atoms with van der Waals surface area (Å²) in [6.45, 7) is 1.65. The second-order valence-corrected chi connectivity index (χ2v) is 8.18. The lowest BCUT2D eigenvalue weighted by molar-refractivity contribution is 0.00501. The Kier molecular flexibility index (Phi) is 7.78. The first kappa shape index (κ1) is 19.7. The van der Waals surface area contributed by atoms with Crippen molar-refractivity contribution in [3.8, 4) is 0 Å². The van der Waals surface area contributed by atoms with E-state index in [9.17, 15) is 5.11 Å². The minimum Gasteiger partial charge on any atom is -0.389 e. The Morgan fingerprint density at radius 1 is 1.08 bits per heavy atom. The van der Waals surface area contributed by atoms with Gasteiger partial charge in [-0.05, 0) is 38.8 Å². The van der Waals surface area contributed by atoms with E-state index >= 15 is 0 Å². The first-order valence-corrected chi connectivity index (χ1v) is 10.5. The van der Waals surface area contributed by atoms with Crippen molar-refractivity contribution < 1.29 is 9.84 Å². The molecule has 2 fully saturated rings. The van der Waals surface area contributed by atoms with Crippen LogP contribution in [0.3, 0.4) is 0 Å². The van der Waals surface area contributed by atoms with Crippen LogP contribution in [0.4, 0.5) is 5.69 Å². The number of aliphatic hydroxyl groups excluding tert-OH is 1. The van der Waals surface area contributed by atoms with E-state index in [1.807, 2.05) is 0 Å². The number of rotatable bonds is 9. The topological polar surface area (TPSA) is 44.7 Å². The van der Waals surface area contributed by atoms with Gasteiger partial charge in [-0.25, -0.2) is 0 Å². The van der Waals surface area contributed by atoms with Gasteiger partial charge < -0.3 is 20.1 Å². The summed E-state index contributed by atoms with van der Waals surface area (Å²) in [6, 6.07) is 9.64. The summed E-state index contributed by atoms with van der Waals surface area (Å²) in [4.78, 5) is 2.32. The number of nitrogens with one attached hydrogen (secondary N) is 1. The lowest BCUT2D eigenvalue weighted by Crippen LogP contribution is -2.40. The van der Waals surface area contributed by atoms with Crippen LogP contribution >= 0.6 is 0 Å². The standard InChI is InChI=1S/C22H36N2O2/c1-24(20-12-3-2-4-13-20)15-21(25)17-26-16-18-9-5-8-14-22(18)23-19-10-6-7-11-19/h5,8-9,14,19-21,23,25H,2-4,6-7,10-13,15-17H2,1H3. The zero-order valence-corrected chi connectivity index (χ0v) is 16.3. The van der Waals surface area contributed by atoms with Gasteiger partial charge in [-0.3, -0.25) is 0 Å². The number of aliphatic hydroxyl groups is 1. The van der Waals surface area contributed by atoms with Crippen LogP contribution in [-0.4, -0.2) is 48.4 Å². The highest BCUT2D eigenvalue weighted by molar-refractivity contribution is 5.51. The van der Waals surface area contributed by atoms with E-state index in [1.165, 1.54) is 69.0 Å². The summed E-state index contributed by atoms with van der Waals surface area (Å²) in [5, 5.41) is 14.0. The van der Waals surface area contributed by atoms with Crippen molar-refractivity contribution >= 4 is 5.69 Å². The Hall–Kier alpha value is -1.10. The third-order valence-electron chi connectivity index (χ3n) is 6.00. The van der Waals surface area contributed by atoms with Crippen LogP contribution in [0.1, 0.15) is 63.4 Å². The molecule has 0 amide bonds. The Balaban J connectivity index is 1.41. The molecule has 1 aromatic rings. The molecule has 0 bridgehead atoms. The highest BCUT2D eigenvalue weighted by Crippen LogP contribution is 2.25. The maximum absolute atomic E-state index is 10.3. The van der Waals surface area contributed by atoms with Crippen LogP contribution in [0.15, 0.2) is 24.3 Å². The van der Waals surface area contributed by atoms with E-state index in [-0.39, 0.29) is 0 Å². The largest absolute Gasteiger partial charge is 0.389 e. The quantitative estimate of drug-likeness (QED) is 0.693. The Morgan fingerprint density at radius 2 is 1.77 bits per heavy atom. The molecule has 0 radical (unpaired) electrons. The van der Waals surface area contributed by atoms with E-state index in [4.69, 9.17) is 4.74 Å². The predicted octanol–water partition coefficient (Wildman–Crippen LogP) is 4.18. The molecule has 4 nitrogen and oxygen atoms in total. The monoisotopic (exact) mass is 360 g/mol. The van der Waals surface area contributed by atoms with E-state index in [2.05, 4.69) is 41.5 Å². The minimum absolute atomic E-state index is 0.398. The van der Waals surface area contributed by atoms with Crippen LogP contribution in [0.2, 0.25) is 0 Å². The van der Waals surface area contributed by atoms with Gasteiger partial charge in [-0.2, -0.15) is 0 Å². The second-order valence-electron chi connectivity index (χ2n) is 8.18. The van der Waals surface area contributed by atoms with Gasteiger partial charge in [-0.15, -0.1) is 0 Å². The molecule has 1 aromatic carbocycles. The van der Waals surface area contributed by atoms with Gasteiger partial charge in [0.15, 0.2) is 0 Å². The summed E-state index contributed by atoms with van der Waals surface area (Å²) in [6.07, 6.45) is 11.3. The van der Waals surface area contributed by atoms with Crippen molar-refractivity contribution in [2.24, 2.45) is 0 Å². The molecule has 26 heavy (non-hydrogen) atoms. The number of benzene rings is 1. The molecule has 2 aliphatic carbocycles. The van der Waals surface area contributed by atoms with Crippen molar-refractivity contribution in [3.05, 3.63) is 29.8 Å². The minimum atomic E-state index is -0.420. The van der Waals surface area contributed by atoms with Crippen molar-refractivity contribution in [1.29, 1.82) is 0 Å². The molecule has 4 heteroatoms. The predicted molar refractivity (Wildman–Crippen MR) is 107 cm³/mol. The lowest BCUT2D eigenvalue weighted by Gasteiger charge is -2.32. The smallest absolute Gasteiger partial charge is 0.0900 e. The fraction of sp³-hybridized carbons (Fsp3) is 0.727. The van der Waals surface area contributed by atoms with Crippen LogP contribution in [0.25, 0.3) is 0 Å². The van der Waals surface area contributed by atoms with Crippen molar-refractivity contribution in [3.63, 3.8) is 0 Å². The third-order valence-corrected chi connectivity index (χ3v) is 6.00. The molecule has 1 atom stereocenters. The summed E-state index contributed by atoms with van der Waals surface area (Å²) in [5.74, 6) is 0. The molecule has 1 unspecified atom stereocenters. The SMILES string of the molecule is CN(CC(O)COCc1ccccc1NC1CCCC1)C1CCCCC1. The summed E-state index contributed by atoms with van der Waals surface area (Å²) in [5.41, 5.74) is 2.38. The van der Waals surface area contributed by atoms with Crippen molar-refractivity contribution in [2.75, 3.05) is 25.5 Å². The Morgan fingerprint density at radius 3 is 2.54 bits per heavy atom. The van der Waals surface area contributed by atoms with Gasteiger partial charge in [0.2, 0.25) is 0 Å². The van der Waals surface area contributed by atoms with Crippen LogP contribution in [0, 0.1) is 0 Å². The molecule has 0 spiro atoms. The highest BCUT2D eigenvalue weighted by Gasteiger charge is 2.20. The highest BCUT2D eigenvalue weighted by atomic mass is 16.5. The number of anilines is 1. The normalized spacial score (nSPS) is 20.6. The average molecular weight is 361 g/mol. The molecule has 0 heterocycles. The Labute approximate surface area is 158 Å². The summed E-state index contributed by atoms with van der Waals surface area (Å²) < 4.78 is 5.86. The summed E-state index contributed by atoms with van der Waals surface area (Å²) in [7, 11) is 2.14. The number of nitrogens with zero attached hydrogens (tertiary/aromatic N) is 1. The number of hydrogen-bond donors (Lipinski definition) is 2. The number of hydrogen-bond acceptors (Lipinski definition) is 4. The second kappa shape index (κ2) is 10.3. The lowest BCUT2D eigenvalue weighted by atomic mass is 9.94. The third kappa shape index (κ3) is 5.97. The van der Waals surface area contributed by atoms with Gasteiger partial charge in [0.25, 0.3) is 0 Å². The zero-order valence-electron chi connectivity index (χ0n) is 16.3. The molecule has 0 aliphatic heterocycles. The molecule has 2 saturated carbocycles. The van der Waals surface area contributed by atoms with Crippen molar-refractivity contribution in [2.45, 2.75) is 82.6 Å². The fourth-order valence-electron chi connectivity index (χ4n) is 4.44. The van der Waals surface area contributed by atoms with Gasteiger partial charge in [-0.1, -0.05) is 50.3 Å². The van der Waals surface area contributed by atoms with Gasteiger partial charge >= 0.3 is 0 Å². The van der Waals surface area contributed by atoms with E-state index in [0.29, 0.717) is 31.8 Å². The maximum Gasteiger partial charge on any atom is 0.0900 e. The molecule has 0 saturated heterocycles. The molecule has 2 aliphatic rings. The first-order valence-electron chi connectivity index (χ1n) is 10.5. The molecule has 2 N–H and O–H groups in total. The number of likely N-dealkylation sites (N-methyl/N-ethyl adjacent to an activating group) is 1. The summed E-state index contributed by atoms with van der Waals surface area (Å²) >= 11 is 0. The van der Waals surface area contributed by atoms with Crippen molar-refractivity contribution in [1.82, 2.24) is 4.90 Å². The van der Waals surface area contributed by atoms with E-state index < -0.39 is 6.10 Å². The maximum atomic E-state index is 10.3. The number of ether oxygens (including phenoxy) is 1. The zero-order chi connectivity index (χ0) is 18.2. The Bertz CT molecular complexity index is 525. The van der Waals surface area contributed by atoms with Crippen LogP contribution in [-0.2, 0) is 11.3 Å². The average Bonchev–Trinajstić information content (AvgIpc) is 3.17. The molecular weight excluding hydrogens is 324 g/mol. The number of para-hydroxylation sites is 1. The first-order chi connectivity index (χ1) is 12.7. The molecular formula is C22H36N2O2.